The van der Waals surface area contributed by atoms with Crippen molar-refractivity contribution in [2.24, 2.45) is 0 Å². The normalized spacial score (nSPS) is 11.1. The Labute approximate surface area is 140 Å². The SMILES string of the molecule is COc1c(C(=O)c2cnc3nncn3c2)c(O)c(OC)c2occc12. The number of furan rings is 1. The molecule has 4 rings (SSSR count). The van der Waals surface area contributed by atoms with Crippen molar-refractivity contribution in [1.29, 1.82) is 0 Å². The van der Waals surface area contributed by atoms with E-state index in [-0.39, 0.29) is 28.4 Å². The first kappa shape index (κ1) is 14.9. The molecule has 0 bridgehead atoms. The minimum atomic E-state index is -0.487. The molecule has 0 spiro atoms. The van der Waals surface area contributed by atoms with E-state index in [0.29, 0.717) is 16.7 Å². The molecular formula is C16H12N4O5. The number of hydrogen-bond acceptors (Lipinski definition) is 8. The van der Waals surface area contributed by atoms with Gasteiger partial charge in [0.2, 0.25) is 11.5 Å². The molecule has 3 heterocycles. The zero-order valence-corrected chi connectivity index (χ0v) is 13.3. The maximum absolute atomic E-state index is 13.0. The van der Waals surface area contributed by atoms with Crippen LogP contribution in [0.25, 0.3) is 16.7 Å². The van der Waals surface area contributed by atoms with Crippen molar-refractivity contribution in [1.82, 2.24) is 19.6 Å². The van der Waals surface area contributed by atoms with Crippen molar-refractivity contribution >= 4 is 22.5 Å². The minimum Gasteiger partial charge on any atom is -0.504 e. The third kappa shape index (κ3) is 2.09. The van der Waals surface area contributed by atoms with Crippen LogP contribution in [-0.2, 0) is 0 Å². The molecule has 1 N–H and O–H groups in total. The van der Waals surface area contributed by atoms with Gasteiger partial charge in [0, 0.05) is 12.4 Å². The Hall–Kier alpha value is -3.62. The van der Waals surface area contributed by atoms with E-state index in [1.807, 2.05) is 0 Å². The van der Waals surface area contributed by atoms with Crippen LogP contribution < -0.4 is 9.47 Å². The lowest BCUT2D eigenvalue weighted by molar-refractivity contribution is 0.103. The number of nitrogens with zero attached hydrogens (tertiary/aromatic N) is 4. The van der Waals surface area contributed by atoms with Crippen LogP contribution in [-0.4, -0.2) is 44.7 Å². The molecule has 9 nitrogen and oxygen atoms in total. The molecule has 0 atom stereocenters. The smallest absolute Gasteiger partial charge is 0.254 e. The molecule has 0 fully saturated rings. The Morgan fingerprint density at radius 1 is 1.28 bits per heavy atom. The van der Waals surface area contributed by atoms with Gasteiger partial charge in [0.25, 0.3) is 5.78 Å². The van der Waals surface area contributed by atoms with Gasteiger partial charge in [-0.15, -0.1) is 10.2 Å². The first-order valence-corrected chi connectivity index (χ1v) is 7.20. The van der Waals surface area contributed by atoms with Crippen LogP contribution in [0.4, 0.5) is 0 Å². The zero-order chi connectivity index (χ0) is 17.6. The Morgan fingerprint density at radius 3 is 2.84 bits per heavy atom. The highest BCUT2D eigenvalue weighted by Gasteiger charge is 2.28. The van der Waals surface area contributed by atoms with E-state index in [2.05, 4.69) is 15.2 Å². The average Bonchev–Trinajstić information content (AvgIpc) is 3.28. The largest absolute Gasteiger partial charge is 0.504 e. The molecular weight excluding hydrogens is 328 g/mol. The number of aromatic nitrogens is 4. The van der Waals surface area contributed by atoms with Crippen molar-refractivity contribution in [3.05, 3.63) is 42.2 Å². The van der Waals surface area contributed by atoms with E-state index in [4.69, 9.17) is 13.9 Å². The van der Waals surface area contributed by atoms with Crippen LogP contribution in [0.15, 0.2) is 35.5 Å². The highest BCUT2D eigenvalue weighted by molar-refractivity contribution is 6.16. The molecule has 0 aliphatic carbocycles. The number of ketones is 1. The molecule has 3 aromatic heterocycles. The van der Waals surface area contributed by atoms with Gasteiger partial charge >= 0.3 is 0 Å². The van der Waals surface area contributed by atoms with E-state index in [0.717, 1.165) is 0 Å². The highest BCUT2D eigenvalue weighted by atomic mass is 16.5. The van der Waals surface area contributed by atoms with Crippen LogP contribution in [0.2, 0.25) is 0 Å². The van der Waals surface area contributed by atoms with Crippen LogP contribution in [0.5, 0.6) is 17.2 Å². The topological polar surface area (TPSA) is 112 Å². The number of rotatable bonds is 4. The molecule has 0 saturated heterocycles. The first-order valence-electron chi connectivity index (χ1n) is 7.20. The number of phenolic OH excluding ortho intramolecular Hbond substituents is 1. The number of methoxy groups -OCH3 is 2. The van der Waals surface area contributed by atoms with Gasteiger partial charge in [-0.2, -0.15) is 0 Å². The molecule has 0 amide bonds. The molecule has 0 unspecified atom stereocenters. The summed E-state index contributed by atoms with van der Waals surface area (Å²) in [5.74, 6) is -0.247. The molecule has 9 heteroatoms. The Bertz CT molecular complexity index is 1110. The Kier molecular flexibility index (Phi) is 3.27. The van der Waals surface area contributed by atoms with E-state index in [1.54, 1.807) is 6.07 Å². The van der Waals surface area contributed by atoms with Crippen molar-refractivity contribution in [3.63, 3.8) is 0 Å². The first-order chi connectivity index (χ1) is 12.2. The summed E-state index contributed by atoms with van der Waals surface area (Å²) in [4.78, 5) is 17.1. The number of phenols is 1. The van der Waals surface area contributed by atoms with Crippen molar-refractivity contribution < 1.29 is 23.8 Å². The molecule has 0 aliphatic rings. The van der Waals surface area contributed by atoms with Gasteiger partial charge in [-0.3, -0.25) is 9.20 Å². The lowest BCUT2D eigenvalue weighted by atomic mass is 10.0. The maximum Gasteiger partial charge on any atom is 0.254 e. The van der Waals surface area contributed by atoms with Gasteiger partial charge in [-0.25, -0.2) is 4.98 Å². The molecule has 4 aromatic rings. The summed E-state index contributed by atoms with van der Waals surface area (Å²) in [5, 5.41) is 18.6. The van der Waals surface area contributed by atoms with Gasteiger partial charge in [0.05, 0.1) is 31.4 Å². The molecule has 0 radical (unpaired) electrons. The standard InChI is InChI=1S/C16H12N4O5/c1-23-13-9-3-4-25-14(9)15(24-2)12(22)10(13)11(21)8-5-17-16-19-18-7-20(16)6-8/h3-7,22H,1-2H3. The number of aromatic hydroxyl groups is 1. The average molecular weight is 340 g/mol. The lowest BCUT2D eigenvalue weighted by Crippen LogP contribution is -2.08. The number of hydrogen-bond donors (Lipinski definition) is 1. The summed E-state index contributed by atoms with van der Waals surface area (Å²) >= 11 is 0. The highest BCUT2D eigenvalue weighted by Crippen LogP contribution is 2.46. The molecule has 25 heavy (non-hydrogen) atoms. The second-order valence-corrected chi connectivity index (χ2v) is 5.16. The fourth-order valence-corrected chi connectivity index (χ4v) is 2.73. The quantitative estimate of drug-likeness (QED) is 0.560. The van der Waals surface area contributed by atoms with Crippen molar-refractivity contribution in [3.8, 4) is 17.2 Å². The van der Waals surface area contributed by atoms with Gasteiger partial charge in [-0.1, -0.05) is 0 Å². The number of carbonyl (C=O) groups excluding carboxylic acids is 1. The van der Waals surface area contributed by atoms with Crippen LogP contribution in [0.3, 0.4) is 0 Å². The van der Waals surface area contributed by atoms with Crippen LogP contribution in [0.1, 0.15) is 15.9 Å². The van der Waals surface area contributed by atoms with E-state index in [9.17, 15) is 9.90 Å². The Morgan fingerprint density at radius 2 is 2.08 bits per heavy atom. The number of benzene rings is 1. The maximum atomic E-state index is 13.0. The summed E-state index contributed by atoms with van der Waals surface area (Å²) in [6, 6.07) is 1.63. The number of fused-ring (bicyclic) bond motifs is 2. The van der Waals surface area contributed by atoms with Gasteiger partial charge in [0.15, 0.2) is 11.3 Å². The van der Waals surface area contributed by atoms with Crippen LogP contribution >= 0.6 is 0 Å². The second-order valence-electron chi connectivity index (χ2n) is 5.16. The predicted molar refractivity (Wildman–Crippen MR) is 85.2 cm³/mol. The summed E-state index contributed by atoms with van der Waals surface area (Å²) in [7, 11) is 2.79. The Balaban J connectivity index is 1.98. The van der Waals surface area contributed by atoms with E-state index >= 15 is 0 Å². The van der Waals surface area contributed by atoms with Gasteiger partial charge in [0.1, 0.15) is 17.6 Å². The molecule has 1 aromatic carbocycles. The van der Waals surface area contributed by atoms with Crippen molar-refractivity contribution in [2.75, 3.05) is 14.2 Å². The third-order valence-electron chi connectivity index (χ3n) is 3.84. The lowest BCUT2D eigenvalue weighted by Gasteiger charge is -2.14. The molecule has 0 aliphatic heterocycles. The minimum absolute atomic E-state index is 0.0394. The molecule has 0 saturated carbocycles. The molecule has 126 valence electrons. The summed E-state index contributed by atoms with van der Waals surface area (Å²) in [6.07, 6.45) is 5.73. The van der Waals surface area contributed by atoms with E-state index < -0.39 is 5.78 Å². The zero-order valence-electron chi connectivity index (χ0n) is 13.3. The number of carbonyl (C=O) groups is 1. The second kappa shape index (κ2) is 5.48. The van der Waals surface area contributed by atoms with Gasteiger partial charge < -0.3 is 19.0 Å². The fraction of sp³-hybridized carbons (Fsp3) is 0.125. The third-order valence-corrected chi connectivity index (χ3v) is 3.84. The monoisotopic (exact) mass is 340 g/mol. The van der Waals surface area contributed by atoms with E-state index in [1.165, 1.54) is 43.6 Å². The van der Waals surface area contributed by atoms with Crippen molar-refractivity contribution in [2.45, 2.75) is 0 Å². The number of ether oxygens (including phenoxy) is 2. The fourth-order valence-electron chi connectivity index (χ4n) is 2.73. The van der Waals surface area contributed by atoms with Gasteiger partial charge in [-0.05, 0) is 6.07 Å². The summed E-state index contributed by atoms with van der Waals surface area (Å²) in [6.45, 7) is 0. The predicted octanol–water partition coefficient (Wildman–Crippen LogP) is 1.82. The van der Waals surface area contributed by atoms with Crippen LogP contribution in [0, 0.1) is 0 Å². The summed E-state index contributed by atoms with van der Waals surface area (Å²) < 4.78 is 17.4. The summed E-state index contributed by atoms with van der Waals surface area (Å²) in [5.41, 5.74) is 0.481.